The highest BCUT2D eigenvalue weighted by Gasteiger charge is 2.11. The molecule has 2 rings (SSSR count). The number of hydrogen-bond donors (Lipinski definition) is 2. The maximum atomic E-state index is 9.35. The average molecular weight is 320 g/mol. The lowest BCUT2D eigenvalue weighted by atomic mass is 10.0. The Morgan fingerprint density at radius 2 is 1.84 bits per heavy atom. The molecule has 100 valence electrons. The van der Waals surface area contributed by atoms with Crippen LogP contribution in [0.2, 0.25) is 0 Å². The van der Waals surface area contributed by atoms with E-state index >= 15 is 0 Å². The second-order valence-corrected chi connectivity index (χ2v) is 5.43. The van der Waals surface area contributed by atoms with Crippen LogP contribution in [-0.4, -0.2) is 5.11 Å². The number of anilines is 1. The van der Waals surface area contributed by atoms with Gasteiger partial charge in [0.2, 0.25) is 0 Å². The number of phenolic OH excluding ortho intramolecular Hbond substituents is 1. The van der Waals surface area contributed by atoms with Crippen molar-refractivity contribution in [1.82, 2.24) is 0 Å². The third-order valence-corrected chi connectivity index (χ3v) is 4.28. The molecule has 2 aromatic rings. The van der Waals surface area contributed by atoms with E-state index in [1.54, 1.807) is 12.1 Å². The normalized spacial score (nSPS) is 12.2. The van der Waals surface area contributed by atoms with E-state index in [1.165, 1.54) is 11.1 Å². The lowest BCUT2D eigenvalue weighted by Gasteiger charge is -2.20. The van der Waals surface area contributed by atoms with Crippen molar-refractivity contribution in [1.29, 1.82) is 0 Å². The Bertz CT molecular complexity index is 551. The van der Waals surface area contributed by atoms with E-state index in [0.29, 0.717) is 5.75 Å². The third kappa shape index (κ3) is 3.29. The zero-order chi connectivity index (χ0) is 13.8. The first-order chi connectivity index (χ1) is 9.11. The van der Waals surface area contributed by atoms with Crippen molar-refractivity contribution >= 4 is 21.6 Å². The molecule has 0 saturated heterocycles. The molecule has 1 unspecified atom stereocenters. The highest BCUT2D eigenvalue weighted by Crippen LogP contribution is 2.30. The Hall–Kier alpha value is -1.48. The van der Waals surface area contributed by atoms with Crippen LogP contribution < -0.4 is 5.32 Å². The molecule has 0 amide bonds. The molecule has 0 aliphatic carbocycles. The third-order valence-electron chi connectivity index (χ3n) is 3.23. The quantitative estimate of drug-likeness (QED) is 0.828. The van der Waals surface area contributed by atoms with Gasteiger partial charge < -0.3 is 10.4 Å². The van der Waals surface area contributed by atoms with Crippen LogP contribution in [0.4, 0.5) is 5.69 Å². The maximum absolute atomic E-state index is 9.35. The number of halogens is 1. The van der Waals surface area contributed by atoms with Gasteiger partial charge in [0.05, 0.1) is 6.04 Å². The molecule has 2 nitrogen and oxygen atoms in total. The Kier molecular flexibility index (Phi) is 4.48. The van der Waals surface area contributed by atoms with E-state index in [1.807, 2.05) is 18.2 Å². The molecule has 0 saturated carbocycles. The highest BCUT2D eigenvalue weighted by atomic mass is 79.9. The summed E-state index contributed by atoms with van der Waals surface area (Å²) in [5, 5.41) is 12.9. The number of aryl methyl sites for hydroxylation is 1. The topological polar surface area (TPSA) is 32.3 Å². The molecule has 2 aromatic carbocycles. The summed E-state index contributed by atoms with van der Waals surface area (Å²) in [7, 11) is 0. The van der Waals surface area contributed by atoms with Crippen molar-refractivity contribution in [2.45, 2.75) is 26.3 Å². The van der Waals surface area contributed by atoms with E-state index in [-0.39, 0.29) is 6.04 Å². The lowest BCUT2D eigenvalue weighted by molar-refractivity contribution is 0.475. The predicted molar refractivity (Wildman–Crippen MR) is 83.6 cm³/mol. The van der Waals surface area contributed by atoms with Crippen LogP contribution in [0.3, 0.4) is 0 Å². The summed E-state index contributed by atoms with van der Waals surface area (Å²) < 4.78 is 1.10. The number of aromatic hydroxyl groups is 1. The van der Waals surface area contributed by atoms with Gasteiger partial charge in [0.1, 0.15) is 5.75 Å². The lowest BCUT2D eigenvalue weighted by Crippen LogP contribution is -2.10. The summed E-state index contributed by atoms with van der Waals surface area (Å²) in [6.07, 6.45) is 0.977. The Balaban J connectivity index is 2.24. The monoisotopic (exact) mass is 319 g/mol. The van der Waals surface area contributed by atoms with Crippen LogP contribution in [0.25, 0.3) is 0 Å². The van der Waals surface area contributed by atoms with Gasteiger partial charge in [-0.1, -0.05) is 31.2 Å². The van der Waals surface area contributed by atoms with Gasteiger partial charge in [-0.25, -0.2) is 0 Å². The van der Waals surface area contributed by atoms with Crippen molar-refractivity contribution in [3.8, 4) is 5.75 Å². The molecule has 0 fully saturated rings. The second kappa shape index (κ2) is 6.11. The van der Waals surface area contributed by atoms with Gasteiger partial charge in [0, 0.05) is 10.2 Å². The van der Waals surface area contributed by atoms with Crippen LogP contribution in [0.5, 0.6) is 5.75 Å². The van der Waals surface area contributed by atoms with E-state index in [4.69, 9.17) is 0 Å². The first-order valence-electron chi connectivity index (χ1n) is 6.42. The zero-order valence-corrected chi connectivity index (χ0v) is 12.7. The van der Waals surface area contributed by atoms with Crippen LogP contribution in [0, 0.1) is 6.92 Å². The molecule has 1 atom stereocenters. The average Bonchev–Trinajstić information content (AvgIpc) is 2.42. The summed E-state index contributed by atoms with van der Waals surface area (Å²) in [5.74, 6) is 0.301. The predicted octanol–water partition coefficient (Wildman–Crippen LogP) is 5.03. The molecule has 0 spiro atoms. The van der Waals surface area contributed by atoms with Crippen LogP contribution in [0.1, 0.15) is 30.5 Å². The molecular formula is C16H18BrNO. The summed E-state index contributed by atoms with van der Waals surface area (Å²) in [6, 6.07) is 13.8. The van der Waals surface area contributed by atoms with Crippen molar-refractivity contribution in [2.24, 2.45) is 0 Å². The van der Waals surface area contributed by atoms with Gasteiger partial charge in [0.25, 0.3) is 0 Å². The Morgan fingerprint density at radius 1 is 1.16 bits per heavy atom. The van der Waals surface area contributed by atoms with Gasteiger partial charge in [-0.3, -0.25) is 0 Å². The molecule has 0 radical (unpaired) electrons. The fraction of sp³-hybridized carbons (Fsp3) is 0.250. The second-order valence-electron chi connectivity index (χ2n) is 4.63. The van der Waals surface area contributed by atoms with Crippen LogP contribution in [-0.2, 0) is 0 Å². The summed E-state index contributed by atoms with van der Waals surface area (Å²) in [5.41, 5.74) is 3.49. The fourth-order valence-electron chi connectivity index (χ4n) is 2.07. The number of hydrogen-bond acceptors (Lipinski definition) is 2. The zero-order valence-electron chi connectivity index (χ0n) is 11.2. The van der Waals surface area contributed by atoms with Gasteiger partial charge in [0.15, 0.2) is 0 Å². The Labute approximate surface area is 122 Å². The molecular weight excluding hydrogens is 302 g/mol. The van der Waals surface area contributed by atoms with Crippen molar-refractivity contribution in [3.63, 3.8) is 0 Å². The smallest absolute Gasteiger partial charge is 0.115 e. The maximum Gasteiger partial charge on any atom is 0.115 e. The van der Waals surface area contributed by atoms with E-state index in [0.717, 1.165) is 16.6 Å². The number of benzene rings is 2. The van der Waals surface area contributed by atoms with Crippen molar-refractivity contribution < 1.29 is 5.11 Å². The molecule has 19 heavy (non-hydrogen) atoms. The first-order valence-corrected chi connectivity index (χ1v) is 7.21. The van der Waals surface area contributed by atoms with Gasteiger partial charge in [-0.2, -0.15) is 0 Å². The molecule has 0 heterocycles. The molecule has 0 aromatic heterocycles. The summed E-state index contributed by atoms with van der Waals surface area (Å²) >= 11 is 3.62. The number of rotatable bonds is 4. The molecule has 0 bridgehead atoms. The Morgan fingerprint density at radius 3 is 2.47 bits per heavy atom. The number of phenols is 1. The van der Waals surface area contributed by atoms with Crippen molar-refractivity contribution in [3.05, 3.63) is 58.1 Å². The van der Waals surface area contributed by atoms with Crippen LogP contribution in [0.15, 0.2) is 46.9 Å². The largest absolute Gasteiger partial charge is 0.508 e. The fourth-order valence-corrected chi connectivity index (χ4v) is 2.45. The minimum Gasteiger partial charge on any atom is -0.508 e. The highest BCUT2D eigenvalue weighted by molar-refractivity contribution is 9.10. The van der Waals surface area contributed by atoms with Gasteiger partial charge in [-0.15, -0.1) is 0 Å². The molecule has 3 heteroatoms. The molecule has 0 aliphatic heterocycles. The standard InChI is InChI=1S/C16H18BrNO/c1-3-14(12-7-9-13(19)10-8-12)18-15-6-4-5-11(2)16(15)17/h4-10,14,18-19H,3H2,1-2H3. The van der Waals surface area contributed by atoms with E-state index < -0.39 is 0 Å². The van der Waals surface area contributed by atoms with E-state index in [2.05, 4.69) is 47.2 Å². The van der Waals surface area contributed by atoms with Crippen molar-refractivity contribution in [2.75, 3.05) is 5.32 Å². The van der Waals surface area contributed by atoms with Gasteiger partial charge >= 0.3 is 0 Å². The van der Waals surface area contributed by atoms with Crippen LogP contribution >= 0.6 is 15.9 Å². The summed E-state index contributed by atoms with van der Waals surface area (Å²) in [6.45, 7) is 4.23. The molecule has 2 N–H and O–H groups in total. The van der Waals surface area contributed by atoms with E-state index in [9.17, 15) is 5.11 Å². The minimum absolute atomic E-state index is 0.235. The van der Waals surface area contributed by atoms with Gasteiger partial charge in [-0.05, 0) is 58.6 Å². The SMILES string of the molecule is CCC(Nc1cccc(C)c1Br)c1ccc(O)cc1. The number of nitrogens with one attached hydrogen (secondary N) is 1. The minimum atomic E-state index is 0.235. The summed E-state index contributed by atoms with van der Waals surface area (Å²) in [4.78, 5) is 0. The first kappa shape index (κ1) is 13.9. The molecule has 0 aliphatic rings.